The highest BCUT2D eigenvalue weighted by molar-refractivity contribution is 5.59. The van der Waals surface area contributed by atoms with Crippen LogP contribution >= 0.6 is 0 Å². The molecule has 0 fully saturated rings. The predicted molar refractivity (Wildman–Crippen MR) is 60.4 cm³/mol. The predicted octanol–water partition coefficient (Wildman–Crippen LogP) is 2.62. The van der Waals surface area contributed by atoms with E-state index in [9.17, 15) is 13.2 Å². The molecule has 2 aromatic rings. The maximum Gasteiger partial charge on any atom is 0.419 e. The normalized spacial score (nSPS) is 11.6. The molecule has 2 N–H and O–H groups in total. The van der Waals surface area contributed by atoms with Crippen LogP contribution in [-0.2, 0) is 12.7 Å². The number of nitrogens with two attached hydrogens (primary N) is 1. The summed E-state index contributed by atoms with van der Waals surface area (Å²) in [5.74, 6) is 0.240. The first kappa shape index (κ1) is 12.5. The Hall–Kier alpha value is -1.95. The van der Waals surface area contributed by atoms with Crippen LogP contribution < -0.4 is 5.73 Å². The first-order valence-corrected chi connectivity index (χ1v) is 5.20. The molecule has 0 atom stereocenters. The molecule has 94 valence electrons. The minimum atomic E-state index is -4.42. The van der Waals surface area contributed by atoms with Gasteiger partial charge in [-0.15, -0.1) is 0 Å². The minimum Gasteiger partial charge on any atom is -0.326 e. The second kappa shape index (κ2) is 4.73. The first-order valence-electron chi connectivity index (χ1n) is 5.20. The van der Waals surface area contributed by atoms with Gasteiger partial charge in [0.2, 0.25) is 0 Å². The third kappa shape index (κ3) is 2.48. The molecule has 0 amide bonds. The quantitative estimate of drug-likeness (QED) is 0.895. The van der Waals surface area contributed by atoms with Crippen LogP contribution in [0.25, 0.3) is 11.4 Å². The van der Waals surface area contributed by atoms with E-state index in [1.165, 1.54) is 0 Å². The summed E-state index contributed by atoms with van der Waals surface area (Å²) in [6, 6.07) is 7.08. The summed E-state index contributed by atoms with van der Waals surface area (Å²) in [7, 11) is 0. The Labute approximate surface area is 101 Å². The maximum absolute atomic E-state index is 12.4. The van der Waals surface area contributed by atoms with Crippen molar-refractivity contribution in [1.82, 2.24) is 9.97 Å². The van der Waals surface area contributed by atoms with Crippen molar-refractivity contribution in [3.63, 3.8) is 0 Å². The maximum atomic E-state index is 12.4. The summed E-state index contributed by atoms with van der Waals surface area (Å²) < 4.78 is 37.1. The molecule has 1 heterocycles. The highest BCUT2D eigenvalue weighted by Crippen LogP contribution is 2.29. The minimum absolute atomic E-state index is 0.240. The monoisotopic (exact) mass is 253 g/mol. The van der Waals surface area contributed by atoms with E-state index in [4.69, 9.17) is 5.73 Å². The van der Waals surface area contributed by atoms with Gasteiger partial charge in [0.1, 0.15) is 0 Å². The van der Waals surface area contributed by atoms with Crippen molar-refractivity contribution in [3.05, 3.63) is 47.8 Å². The van der Waals surface area contributed by atoms with E-state index in [1.54, 1.807) is 24.3 Å². The van der Waals surface area contributed by atoms with Crippen LogP contribution in [0.15, 0.2) is 36.7 Å². The Morgan fingerprint density at radius 2 is 1.67 bits per heavy atom. The molecule has 0 unspecified atom stereocenters. The zero-order valence-electron chi connectivity index (χ0n) is 9.28. The molecule has 3 nitrogen and oxygen atoms in total. The largest absolute Gasteiger partial charge is 0.419 e. The van der Waals surface area contributed by atoms with Gasteiger partial charge in [-0.3, -0.25) is 0 Å². The molecule has 0 aliphatic carbocycles. The number of halogens is 3. The molecule has 0 aliphatic rings. The second-order valence-corrected chi connectivity index (χ2v) is 3.65. The van der Waals surface area contributed by atoms with E-state index in [0.717, 1.165) is 18.0 Å². The fourth-order valence-corrected chi connectivity index (χ4v) is 1.53. The highest BCUT2D eigenvalue weighted by atomic mass is 19.4. The van der Waals surface area contributed by atoms with Crippen LogP contribution in [0.3, 0.4) is 0 Å². The van der Waals surface area contributed by atoms with E-state index in [-0.39, 0.29) is 12.4 Å². The summed E-state index contributed by atoms with van der Waals surface area (Å²) in [4.78, 5) is 7.47. The summed E-state index contributed by atoms with van der Waals surface area (Å²) in [5.41, 5.74) is 6.12. The fraction of sp³-hybridized carbons (Fsp3) is 0.167. The average Bonchev–Trinajstić information content (AvgIpc) is 2.38. The summed E-state index contributed by atoms with van der Waals surface area (Å²) in [6.45, 7) is 0.278. The summed E-state index contributed by atoms with van der Waals surface area (Å²) in [5, 5.41) is 0. The molecule has 1 aromatic carbocycles. The Bertz CT molecular complexity index is 535. The number of nitrogens with zero attached hydrogens (tertiary/aromatic N) is 2. The van der Waals surface area contributed by atoms with Crippen LogP contribution in [0.1, 0.15) is 11.1 Å². The van der Waals surface area contributed by atoms with Crippen molar-refractivity contribution in [2.24, 2.45) is 5.73 Å². The SMILES string of the molecule is NCc1ccccc1-c1ncc(C(F)(F)F)cn1. The number of aromatic nitrogens is 2. The standard InChI is InChI=1S/C12H10F3N3/c13-12(14,15)9-6-17-11(18-7-9)10-4-2-1-3-8(10)5-16/h1-4,6-7H,5,16H2. The second-order valence-electron chi connectivity index (χ2n) is 3.65. The molecule has 0 radical (unpaired) electrons. The summed E-state index contributed by atoms with van der Waals surface area (Å²) in [6.07, 6.45) is -2.88. The Morgan fingerprint density at radius 1 is 1.06 bits per heavy atom. The van der Waals surface area contributed by atoms with Crippen molar-refractivity contribution in [2.75, 3.05) is 0 Å². The zero-order valence-corrected chi connectivity index (χ0v) is 9.28. The van der Waals surface area contributed by atoms with Gasteiger partial charge in [0, 0.05) is 24.5 Å². The van der Waals surface area contributed by atoms with Gasteiger partial charge in [-0.1, -0.05) is 24.3 Å². The fourth-order valence-electron chi connectivity index (χ4n) is 1.53. The molecule has 0 saturated carbocycles. The van der Waals surface area contributed by atoms with Gasteiger partial charge in [-0.05, 0) is 5.56 Å². The van der Waals surface area contributed by atoms with E-state index >= 15 is 0 Å². The lowest BCUT2D eigenvalue weighted by Gasteiger charge is -2.08. The number of rotatable bonds is 2. The molecule has 18 heavy (non-hydrogen) atoms. The van der Waals surface area contributed by atoms with Crippen molar-refractivity contribution >= 4 is 0 Å². The van der Waals surface area contributed by atoms with Gasteiger partial charge < -0.3 is 5.73 Å². The molecular weight excluding hydrogens is 243 g/mol. The van der Waals surface area contributed by atoms with Crippen molar-refractivity contribution in [3.8, 4) is 11.4 Å². The Kier molecular flexibility index (Phi) is 3.29. The van der Waals surface area contributed by atoms with E-state index in [2.05, 4.69) is 9.97 Å². The molecule has 0 bridgehead atoms. The van der Waals surface area contributed by atoms with Crippen LogP contribution in [0.4, 0.5) is 13.2 Å². The molecule has 0 saturated heterocycles. The van der Waals surface area contributed by atoms with Crippen LogP contribution in [0.5, 0.6) is 0 Å². The van der Waals surface area contributed by atoms with Gasteiger partial charge >= 0.3 is 6.18 Å². The van der Waals surface area contributed by atoms with Crippen molar-refractivity contribution in [1.29, 1.82) is 0 Å². The van der Waals surface area contributed by atoms with E-state index in [0.29, 0.717) is 5.56 Å². The van der Waals surface area contributed by atoms with Crippen LogP contribution in [0.2, 0.25) is 0 Å². The van der Waals surface area contributed by atoms with Gasteiger partial charge in [-0.2, -0.15) is 13.2 Å². The van der Waals surface area contributed by atoms with Gasteiger partial charge in [0.05, 0.1) is 5.56 Å². The lowest BCUT2D eigenvalue weighted by Crippen LogP contribution is -2.07. The lowest BCUT2D eigenvalue weighted by atomic mass is 10.1. The third-order valence-corrected chi connectivity index (χ3v) is 2.46. The zero-order chi connectivity index (χ0) is 13.2. The van der Waals surface area contributed by atoms with Crippen molar-refractivity contribution < 1.29 is 13.2 Å². The van der Waals surface area contributed by atoms with E-state index < -0.39 is 11.7 Å². The topological polar surface area (TPSA) is 51.8 Å². The number of benzene rings is 1. The number of alkyl halides is 3. The summed E-state index contributed by atoms with van der Waals surface area (Å²) >= 11 is 0. The molecule has 0 aliphatic heterocycles. The Balaban J connectivity index is 2.41. The smallest absolute Gasteiger partial charge is 0.326 e. The van der Waals surface area contributed by atoms with E-state index in [1.807, 2.05) is 0 Å². The van der Waals surface area contributed by atoms with Crippen LogP contribution in [0, 0.1) is 0 Å². The van der Waals surface area contributed by atoms with Crippen LogP contribution in [-0.4, -0.2) is 9.97 Å². The first-order chi connectivity index (χ1) is 8.52. The third-order valence-electron chi connectivity index (χ3n) is 2.46. The molecule has 6 heteroatoms. The van der Waals surface area contributed by atoms with Gasteiger partial charge in [-0.25, -0.2) is 9.97 Å². The number of hydrogen-bond acceptors (Lipinski definition) is 3. The average molecular weight is 253 g/mol. The molecule has 0 spiro atoms. The molecule has 1 aromatic heterocycles. The molecular formula is C12H10F3N3. The van der Waals surface area contributed by atoms with Gasteiger partial charge in [0.25, 0.3) is 0 Å². The number of hydrogen-bond donors (Lipinski definition) is 1. The lowest BCUT2D eigenvalue weighted by molar-refractivity contribution is -0.138. The van der Waals surface area contributed by atoms with Gasteiger partial charge in [0.15, 0.2) is 5.82 Å². The van der Waals surface area contributed by atoms with Crippen molar-refractivity contribution in [2.45, 2.75) is 12.7 Å². The Morgan fingerprint density at radius 3 is 2.22 bits per heavy atom. The highest BCUT2D eigenvalue weighted by Gasteiger charge is 2.31. The molecule has 2 rings (SSSR count).